The number of nitrogens with two attached hydrogens (primary N) is 1. The zero-order valence-electron chi connectivity index (χ0n) is 7.94. The van der Waals surface area contributed by atoms with Crippen molar-refractivity contribution in [2.45, 2.75) is 6.18 Å². The van der Waals surface area contributed by atoms with Gasteiger partial charge in [0.05, 0.1) is 0 Å². The lowest BCUT2D eigenvalue weighted by molar-refractivity contribution is -0.115. The van der Waals surface area contributed by atoms with Gasteiger partial charge in [-0.2, -0.15) is 13.2 Å². The number of halogens is 4. The van der Waals surface area contributed by atoms with Crippen LogP contribution in [0.2, 0.25) is 5.02 Å². The Kier molecular flexibility index (Phi) is 3.98. The summed E-state index contributed by atoms with van der Waals surface area (Å²) >= 11 is 10.4. The predicted molar refractivity (Wildman–Crippen MR) is 61.9 cm³/mol. The SMILES string of the molecule is NC(=S)c1ccc(Cl)cc1NCC(F)(F)F. The number of hydrogen-bond acceptors (Lipinski definition) is 2. The first-order valence-corrected chi connectivity index (χ1v) is 4.98. The van der Waals surface area contributed by atoms with E-state index in [9.17, 15) is 13.2 Å². The summed E-state index contributed by atoms with van der Waals surface area (Å²) in [6.45, 7) is -1.16. The molecule has 0 aliphatic heterocycles. The third kappa shape index (κ3) is 3.86. The summed E-state index contributed by atoms with van der Waals surface area (Å²) in [7, 11) is 0. The van der Waals surface area contributed by atoms with Gasteiger partial charge in [0.25, 0.3) is 0 Å². The molecule has 0 aromatic heterocycles. The van der Waals surface area contributed by atoms with Gasteiger partial charge in [-0.3, -0.25) is 0 Å². The minimum absolute atomic E-state index is 0.0151. The van der Waals surface area contributed by atoms with E-state index in [1.807, 2.05) is 0 Å². The Morgan fingerprint density at radius 1 is 1.44 bits per heavy atom. The van der Waals surface area contributed by atoms with Crippen molar-refractivity contribution in [1.82, 2.24) is 0 Å². The van der Waals surface area contributed by atoms with Crippen LogP contribution in [0.15, 0.2) is 18.2 Å². The molecule has 0 spiro atoms. The summed E-state index contributed by atoms with van der Waals surface area (Å²) in [4.78, 5) is 0.0151. The molecule has 0 fully saturated rings. The summed E-state index contributed by atoms with van der Waals surface area (Å²) in [5.41, 5.74) is 5.89. The maximum absolute atomic E-state index is 12.0. The number of hydrogen-bond donors (Lipinski definition) is 2. The van der Waals surface area contributed by atoms with Crippen LogP contribution < -0.4 is 11.1 Å². The van der Waals surface area contributed by atoms with E-state index < -0.39 is 12.7 Å². The average molecular weight is 269 g/mol. The lowest BCUT2D eigenvalue weighted by Crippen LogP contribution is -2.23. The lowest BCUT2D eigenvalue weighted by atomic mass is 10.2. The van der Waals surface area contributed by atoms with Gasteiger partial charge in [0.2, 0.25) is 0 Å². The van der Waals surface area contributed by atoms with Crippen LogP contribution in [0, 0.1) is 0 Å². The maximum Gasteiger partial charge on any atom is 0.405 e. The van der Waals surface area contributed by atoms with Gasteiger partial charge >= 0.3 is 6.18 Å². The Labute approximate surface area is 101 Å². The minimum Gasteiger partial charge on any atom is -0.389 e. The molecule has 0 amide bonds. The minimum atomic E-state index is -4.31. The molecule has 0 aliphatic rings. The first-order valence-electron chi connectivity index (χ1n) is 4.19. The van der Waals surface area contributed by atoms with Crippen molar-refractivity contribution < 1.29 is 13.2 Å². The van der Waals surface area contributed by atoms with Crippen LogP contribution in [0.5, 0.6) is 0 Å². The molecule has 0 bridgehead atoms. The van der Waals surface area contributed by atoms with E-state index in [0.29, 0.717) is 10.6 Å². The Bertz CT molecular complexity index is 406. The van der Waals surface area contributed by atoms with Crippen molar-refractivity contribution >= 4 is 34.5 Å². The molecular formula is C9H8ClF3N2S. The highest BCUT2D eigenvalue weighted by Crippen LogP contribution is 2.23. The van der Waals surface area contributed by atoms with Gasteiger partial charge in [0, 0.05) is 16.3 Å². The number of nitrogens with one attached hydrogen (secondary N) is 1. The summed E-state index contributed by atoms with van der Waals surface area (Å²) in [6, 6.07) is 4.33. The second kappa shape index (κ2) is 4.88. The van der Waals surface area contributed by atoms with Crippen molar-refractivity contribution in [3.8, 4) is 0 Å². The Morgan fingerprint density at radius 3 is 2.56 bits per heavy atom. The zero-order chi connectivity index (χ0) is 12.3. The van der Waals surface area contributed by atoms with Gasteiger partial charge < -0.3 is 11.1 Å². The molecular weight excluding hydrogens is 261 g/mol. The fraction of sp³-hybridized carbons (Fsp3) is 0.222. The largest absolute Gasteiger partial charge is 0.405 e. The topological polar surface area (TPSA) is 38.0 Å². The van der Waals surface area contributed by atoms with E-state index in [1.54, 1.807) is 0 Å². The van der Waals surface area contributed by atoms with Crippen LogP contribution in [-0.4, -0.2) is 17.7 Å². The quantitative estimate of drug-likeness (QED) is 0.828. The van der Waals surface area contributed by atoms with Gasteiger partial charge in [-0.25, -0.2) is 0 Å². The molecule has 7 heteroatoms. The van der Waals surface area contributed by atoms with Gasteiger partial charge in [0.15, 0.2) is 0 Å². The monoisotopic (exact) mass is 268 g/mol. The van der Waals surface area contributed by atoms with Crippen LogP contribution in [0.3, 0.4) is 0 Å². The Hall–Kier alpha value is -1.01. The van der Waals surface area contributed by atoms with E-state index in [2.05, 4.69) is 5.32 Å². The number of rotatable bonds is 3. The molecule has 0 atom stereocenters. The first kappa shape index (κ1) is 13.1. The maximum atomic E-state index is 12.0. The third-order valence-corrected chi connectivity index (χ3v) is 2.18. The van der Waals surface area contributed by atoms with E-state index in [-0.39, 0.29) is 10.7 Å². The zero-order valence-corrected chi connectivity index (χ0v) is 9.51. The highest BCUT2D eigenvalue weighted by Gasteiger charge is 2.27. The first-order chi connectivity index (χ1) is 7.29. The molecule has 1 aromatic rings. The Morgan fingerprint density at radius 2 is 2.06 bits per heavy atom. The summed E-state index contributed by atoms with van der Waals surface area (Å²) in [5.74, 6) is 0. The van der Waals surface area contributed by atoms with E-state index in [0.717, 1.165) is 0 Å². The second-order valence-electron chi connectivity index (χ2n) is 3.02. The highest BCUT2D eigenvalue weighted by atomic mass is 35.5. The highest BCUT2D eigenvalue weighted by molar-refractivity contribution is 7.80. The normalized spacial score (nSPS) is 11.2. The smallest absolute Gasteiger partial charge is 0.389 e. The predicted octanol–water partition coefficient (Wildman–Crippen LogP) is 2.95. The van der Waals surface area contributed by atoms with Crippen LogP contribution >= 0.6 is 23.8 Å². The number of benzene rings is 1. The summed E-state index contributed by atoms with van der Waals surface area (Å²) < 4.78 is 36.0. The van der Waals surface area contributed by atoms with Crippen LogP contribution in [0.25, 0.3) is 0 Å². The van der Waals surface area contributed by atoms with Crippen molar-refractivity contribution in [2.75, 3.05) is 11.9 Å². The molecule has 0 saturated heterocycles. The van der Waals surface area contributed by atoms with Crippen molar-refractivity contribution in [1.29, 1.82) is 0 Å². The van der Waals surface area contributed by atoms with Gasteiger partial charge in [-0.15, -0.1) is 0 Å². The molecule has 3 N–H and O–H groups in total. The lowest BCUT2D eigenvalue weighted by Gasteiger charge is -2.13. The van der Waals surface area contributed by atoms with Crippen molar-refractivity contribution in [2.24, 2.45) is 5.73 Å². The summed E-state index contributed by atoms with van der Waals surface area (Å²) in [6.07, 6.45) is -4.31. The van der Waals surface area contributed by atoms with E-state index >= 15 is 0 Å². The van der Waals surface area contributed by atoms with Gasteiger partial charge in [-0.1, -0.05) is 23.8 Å². The molecule has 1 aromatic carbocycles. The molecule has 2 nitrogen and oxygen atoms in total. The standard InChI is InChI=1S/C9H8ClF3N2S/c10-5-1-2-6(8(14)16)7(3-5)15-4-9(11,12)13/h1-3,15H,4H2,(H2,14,16). The number of thiocarbonyl (C=S) groups is 1. The molecule has 0 heterocycles. The molecule has 16 heavy (non-hydrogen) atoms. The second-order valence-corrected chi connectivity index (χ2v) is 3.90. The molecule has 0 saturated carbocycles. The molecule has 1 rings (SSSR count). The average Bonchev–Trinajstić information content (AvgIpc) is 2.13. The van der Waals surface area contributed by atoms with Crippen molar-refractivity contribution in [3.05, 3.63) is 28.8 Å². The van der Waals surface area contributed by atoms with Gasteiger partial charge in [-0.05, 0) is 18.2 Å². The summed E-state index contributed by atoms with van der Waals surface area (Å²) in [5, 5.41) is 2.51. The molecule has 0 unspecified atom stereocenters. The van der Waals surface area contributed by atoms with Crippen LogP contribution in [0.4, 0.5) is 18.9 Å². The van der Waals surface area contributed by atoms with Crippen molar-refractivity contribution in [3.63, 3.8) is 0 Å². The molecule has 0 radical (unpaired) electrons. The van der Waals surface area contributed by atoms with Crippen LogP contribution in [-0.2, 0) is 0 Å². The molecule has 88 valence electrons. The van der Waals surface area contributed by atoms with Gasteiger partial charge in [0.1, 0.15) is 11.5 Å². The fourth-order valence-corrected chi connectivity index (χ4v) is 1.42. The molecule has 0 aliphatic carbocycles. The van der Waals surface area contributed by atoms with Crippen LogP contribution in [0.1, 0.15) is 5.56 Å². The fourth-order valence-electron chi connectivity index (χ4n) is 1.07. The Balaban J connectivity index is 2.93. The third-order valence-electron chi connectivity index (χ3n) is 1.73. The van der Waals surface area contributed by atoms with E-state index in [1.165, 1.54) is 18.2 Å². The van der Waals surface area contributed by atoms with E-state index in [4.69, 9.17) is 29.6 Å². The number of alkyl halides is 3. The number of anilines is 1.